The molecule has 0 bridgehead atoms. The van der Waals surface area contributed by atoms with E-state index in [9.17, 15) is 35.5 Å². The van der Waals surface area contributed by atoms with E-state index in [4.69, 9.17) is 0 Å². The lowest BCUT2D eigenvalue weighted by atomic mass is 10.0. The molecule has 1 aliphatic rings. The highest BCUT2D eigenvalue weighted by Gasteiger charge is 2.37. The SMILES string of the molecule is Cc1cc(F)ccc1N1CCN(Cc2ccccc2)CC1C(=O)NCCc1cc(C(F)(F)F)cc(C(F)(F)F)c1. The van der Waals surface area contributed by atoms with Gasteiger partial charge in [0.25, 0.3) is 0 Å². The number of nitrogens with zero attached hydrogens (tertiary/aromatic N) is 2. The number of piperazine rings is 1. The maximum atomic E-state index is 13.8. The summed E-state index contributed by atoms with van der Waals surface area (Å²) in [5.74, 6) is -0.839. The molecule has 0 aliphatic carbocycles. The van der Waals surface area contributed by atoms with E-state index in [1.165, 1.54) is 12.1 Å². The number of hydrogen-bond donors (Lipinski definition) is 1. The van der Waals surface area contributed by atoms with Crippen LogP contribution >= 0.6 is 0 Å². The van der Waals surface area contributed by atoms with Crippen LogP contribution < -0.4 is 10.2 Å². The number of carbonyl (C=O) groups is 1. The molecule has 4 nitrogen and oxygen atoms in total. The summed E-state index contributed by atoms with van der Waals surface area (Å²) in [5, 5.41) is 2.69. The highest BCUT2D eigenvalue weighted by molar-refractivity contribution is 5.86. The van der Waals surface area contributed by atoms with Crippen LogP contribution in [-0.4, -0.2) is 43.0 Å². The molecule has 0 aromatic heterocycles. The quantitative estimate of drug-likeness (QED) is 0.345. The molecule has 11 heteroatoms. The molecule has 0 saturated carbocycles. The fourth-order valence-electron chi connectivity index (χ4n) is 4.89. The standard InChI is InChI=1S/C29H28F7N3O/c1-19-13-24(30)7-8-25(19)39-12-11-38(17-20-5-3-2-4-6-20)18-26(39)27(40)37-10-9-21-14-22(28(31,32)33)16-23(15-21)29(34,35)36/h2-8,13-16,26H,9-12,17-18H2,1H3,(H,37,40). The van der Waals surface area contributed by atoms with Crippen molar-refractivity contribution in [2.45, 2.75) is 38.3 Å². The van der Waals surface area contributed by atoms with Crippen LogP contribution in [0.1, 0.15) is 27.8 Å². The zero-order chi connectivity index (χ0) is 29.1. The van der Waals surface area contributed by atoms with Gasteiger partial charge in [0, 0.05) is 38.4 Å². The van der Waals surface area contributed by atoms with Gasteiger partial charge in [-0.05, 0) is 66.4 Å². The van der Waals surface area contributed by atoms with Gasteiger partial charge in [-0.2, -0.15) is 26.3 Å². The molecule has 1 unspecified atom stereocenters. The zero-order valence-electron chi connectivity index (χ0n) is 21.6. The second-order valence-corrected chi connectivity index (χ2v) is 9.82. The zero-order valence-corrected chi connectivity index (χ0v) is 21.6. The molecule has 0 radical (unpaired) electrons. The Balaban J connectivity index is 1.51. The summed E-state index contributed by atoms with van der Waals surface area (Å²) in [7, 11) is 0. The van der Waals surface area contributed by atoms with E-state index < -0.39 is 41.2 Å². The van der Waals surface area contributed by atoms with E-state index in [2.05, 4.69) is 10.2 Å². The summed E-state index contributed by atoms with van der Waals surface area (Å²) >= 11 is 0. The monoisotopic (exact) mass is 567 g/mol. The minimum Gasteiger partial charge on any atom is -0.357 e. The molecule has 1 N–H and O–H groups in total. The number of anilines is 1. The van der Waals surface area contributed by atoms with Crippen molar-refractivity contribution < 1.29 is 35.5 Å². The van der Waals surface area contributed by atoms with E-state index in [0.29, 0.717) is 49.6 Å². The Morgan fingerprint density at radius 3 is 2.12 bits per heavy atom. The maximum Gasteiger partial charge on any atom is 0.416 e. The molecule has 0 spiro atoms. The highest BCUT2D eigenvalue weighted by atomic mass is 19.4. The molecular weight excluding hydrogens is 539 g/mol. The Hall–Kier alpha value is -3.60. The van der Waals surface area contributed by atoms with Crippen LogP contribution in [0, 0.1) is 12.7 Å². The third kappa shape index (κ3) is 7.32. The number of aryl methyl sites for hydroxylation is 1. The van der Waals surface area contributed by atoms with Crippen molar-refractivity contribution in [3.05, 3.63) is 100 Å². The van der Waals surface area contributed by atoms with Gasteiger partial charge >= 0.3 is 12.4 Å². The second-order valence-electron chi connectivity index (χ2n) is 9.82. The molecule has 1 atom stereocenters. The Morgan fingerprint density at radius 2 is 1.52 bits per heavy atom. The first-order valence-electron chi connectivity index (χ1n) is 12.7. The van der Waals surface area contributed by atoms with Gasteiger partial charge in [0.15, 0.2) is 0 Å². The first-order valence-corrected chi connectivity index (χ1v) is 12.7. The lowest BCUT2D eigenvalue weighted by Gasteiger charge is -2.42. The molecule has 1 fully saturated rings. The lowest BCUT2D eigenvalue weighted by Crippen LogP contribution is -2.59. The first-order chi connectivity index (χ1) is 18.8. The normalized spacial score (nSPS) is 16.7. The van der Waals surface area contributed by atoms with Gasteiger partial charge in [-0.1, -0.05) is 30.3 Å². The molecule has 214 valence electrons. The van der Waals surface area contributed by atoms with Crippen molar-refractivity contribution in [1.82, 2.24) is 10.2 Å². The lowest BCUT2D eigenvalue weighted by molar-refractivity contribution is -0.143. The molecule has 40 heavy (non-hydrogen) atoms. The van der Waals surface area contributed by atoms with E-state index in [0.717, 1.165) is 5.56 Å². The van der Waals surface area contributed by atoms with Crippen LogP contribution in [0.15, 0.2) is 66.7 Å². The van der Waals surface area contributed by atoms with Crippen LogP contribution in [-0.2, 0) is 30.1 Å². The maximum absolute atomic E-state index is 13.8. The molecule has 1 amide bonds. The van der Waals surface area contributed by atoms with Gasteiger partial charge in [0.05, 0.1) is 11.1 Å². The molecule has 4 rings (SSSR count). The van der Waals surface area contributed by atoms with Crippen molar-refractivity contribution in [1.29, 1.82) is 0 Å². The smallest absolute Gasteiger partial charge is 0.357 e. The van der Waals surface area contributed by atoms with Crippen molar-refractivity contribution in [3.63, 3.8) is 0 Å². The largest absolute Gasteiger partial charge is 0.416 e. The number of carbonyl (C=O) groups excluding carboxylic acids is 1. The van der Waals surface area contributed by atoms with E-state index in [1.54, 1.807) is 13.0 Å². The van der Waals surface area contributed by atoms with Crippen LogP contribution in [0.3, 0.4) is 0 Å². The van der Waals surface area contributed by atoms with Crippen LogP contribution in [0.4, 0.5) is 36.4 Å². The molecule has 3 aromatic carbocycles. The topological polar surface area (TPSA) is 35.6 Å². The Kier molecular flexibility index (Phi) is 8.72. The molecule has 1 saturated heterocycles. The van der Waals surface area contributed by atoms with Gasteiger partial charge < -0.3 is 10.2 Å². The first kappa shape index (κ1) is 29.4. The summed E-state index contributed by atoms with van der Waals surface area (Å²) in [6, 6.07) is 14.6. The average Bonchev–Trinajstić information content (AvgIpc) is 2.88. The van der Waals surface area contributed by atoms with Crippen LogP contribution in [0.25, 0.3) is 0 Å². The molecule has 1 aliphatic heterocycles. The molecule has 1 heterocycles. The molecule has 3 aromatic rings. The van der Waals surface area contributed by atoms with Crippen molar-refractivity contribution >= 4 is 11.6 Å². The van der Waals surface area contributed by atoms with E-state index in [1.807, 2.05) is 35.2 Å². The van der Waals surface area contributed by atoms with Gasteiger partial charge in [-0.25, -0.2) is 4.39 Å². The predicted octanol–water partition coefficient (Wildman–Crippen LogP) is 6.22. The third-order valence-electron chi connectivity index (χ3n) is 6.84. The van der Waals surface area contributed by atoms with Crippen molar-refractivity contribution in [3.8, 4) is 0 Å². The summed E-state index contributed by atoms with van der Waals surface area (Å²) < 4.78 is 93.0. The number of hydrogen-bond acceptors (Lipinski definition) is 3. The number of benzene rings is 3. The third-order valence-corrected chi connectivity index (χ3v) is 6.84. The van der Waals surface area contributed by atoms with Gasteiger partial charge in [-0.3, -0.25) is 9.69 Å². The second kappa shape index (κ2) is 11.9. The summed E-state index contributed by atoms with van der Waals surface area (Å²) in [4.78, 5) is 17.3. The summed E-state index contributed by atoms with van der Waals surface area (Å²) in [6.07, 6.45) is -10.1. The van der Waals surface area contributed by atoms with E-state index in [-0.39, 0.29) is 24.6 Å². The number of alkyl halides is 6. The van der Waals surface area contributed by atoms with Gasteiger partial charge in [0.1, 0.15) is 11.9 Å². The predicted molar refractivity (Wildman–Crippen MR) is 137 cm³/mol. The number of rotatable bonds is 7. The average molecular weight is 568 g/mol. The fourth-order valence-corrected chi connectivity index (χ4v) is 4.89. The van der Waals surface area contributed by atoms with Crippen LogP contribution in [0.5, 0.6) is 0 Å². The van der Waals surface area contributed by atoms with Crippen molar-refractivity contribution in [2.75, 3.05) is 31.1 Å². The van der Waals surface area contributed by atoms with E-state index >= 15 is 0 Å². The van der Waals surface area contributed by atoms with Gasteiger partial charge in [0.2, 0.25) is 5.91 Å². The summed E-state index contributed by atoms with van der Waals surface area (Å²) in [5.41, 5.74) is -0.622. The Morgan fingerprint density at radius 1 is 0.875 bits per heavy atom. The Labute approximate surface area is 227 Å². The minimum absolute atomic E-state index is 0.0777. The van der Waals surface area contributed by atoms with Gasteiger partial charge in [-0.15, -0.1) is 0 Å². The minimum atomic E-state index is -4.95. The van der Waals surface area contributed by atoms with Crippen LogP contribution in [0.2, 0.25) is 0 Å². The fraction of sp³-hybridized carbons (Fsp3) is 0.345. The van der Waals surface area contributed by atoms with Crippen molar-refractivity contribution in [2.24, 2.45) is 0 Å². The number of halogens is 7. The molecular formula is C29H28F7N3O. The highest BCUT2D eigenvalue weighted by Crippen LogP contribution is 2.36. The Bertz CT molecular complexity index is 1290. The summed E-state index contributed by atoms with van der Waals surface area (Å²) in [6.45, 7) is 3.56. The number of nitrogens with one attached hydrogen (secondary N) is 1. The number of amides is 1.